The predicted octanol–water partition coefficient (Wildman–Crippen LogP) is 4.21. The van der Waals surface area contributed by atoms with Crippen molar-refractivity contribution >= 4 is 21.7 Å². The van der Waals surface area contributed by atoms with Gasteiger partial charge in [0.05, 0.1) is 24.3 Å². The van der Waals surface area contributed by atoms with Crippen LogP contribution in [0.25, 0.3) is 11.3 Å². The normalized spacial score (nSPS) is 16.5. The number of aromatic amines is 1. The molecule has 0 saturated carbocycles. The van der Waals surface area contributed by atoms with Crippen LogP contribution in [0.4, 0.5) is 5.82 Å². The maximum absolute atomic E-state index is 13.7. The van der Waals surface area contributed by atoms with Gasteiger partial charge in [0.1, 0.15) is 12.4 Å². The summed E-state index contributed by atoms with van der Waals surface area (Å²) in [6, 6.07) is 12.9. The Bertz CT molecular complexity index is 1330. The number of hydrogen-bond donors (Lipinski definition) is 2. The summed E-state index contributed by atoms with van der Waals surface area (Å²) in [4.78, 5) is 12.8. The molecule has 1 aromatic heterocycles. The number of carbonyl (C=O) groups excluding carboxylic acids is 1. The molecule has 1 aliphatic rings. The van der Waals surface area contributed by atoms with Gasteiger partial charge in [0, 0.05) is 18.7 Å². The van der Waals surface area contributed by atoms with Crippen molar-refractivity contribution in [1.29, 1.82) is 0 Å². The Morgan fingerprint density at radius 1 is 1.11 bits per heavy atom. The van der Waals surface area contributed by atoms with Gasteiger partial charge in [-0.3, -0.25) is 9.89 Å². The fraction of sp³-hybridized carbons (Fsp3) is 0.407. The Hall–Kier alpha value is -3.21. The summed E-state index contributed by atoms with van der Waals surface area (Å²) in [5.74, 6) is 0.673. The molecule has 0 radical (unpaired) electrons. The van der Waals surface area contributed by atoms with E-state index < -0.39 is 10.0 Å². The number of ether oxygens (including phenoxy) is 2. The summed E-state index contributed by atoms with van der Waals surface area (Å²) < 4.78 is 39.8. The van der Waals surface area contributed by atoms with Crippen molar-refractivity contribution in [1.82, 2.24) is 14.5 Å². The van der Waals surface area contributed by atoms with Crippen LogP contribution in [0.1, 0.15) is 36.0 Å². The molecule has 1 unspecified atom stereocenters. The van der Waals surface area contributed by atoms with Crippen LogP contribution in [-0.4, -0.2) is 61.7 Å². The van der Waals surface area contributed by atoms with Crippen molar-refractivity contribution in [3.05, 3.63) is 59.2 Å². The van der Waals surface area contributed by atoms with Crippen LogP contribution in [0.5, 0.6) is 5.75 Å². The van der Waals surface area contributed by atoms with Crippen molar-refractivity contribution in [2.75, 3.05) is 32.2 Å². The van der Waals surface area contributed by atoms with Gasteiger partial charge in [-0.15, -0.1) is 0 Å². The first-order chi connectivity index (χ1) is 17.7. The fourth-order valence-corrected chi connectivity index (χ4v) is 6.84. The second-order valence-corrected chi connectivity index (χ2v) is 11.3. The molecule has 0 spiro atoms. The van der Waals surface area contributed by atoms with Gasteiger partial charge >= 0.3 is 0 Å². The smallest absolute Gasteiger partial charge is 0.251 e. The minimum Gasteiger partial charge on any atom is -0.497 e. The SMILES string of the molecule is COc1cc(C)c(S(=O)(=O)N2CCCCC2COCC(=O)Nc2cc(-c3ccc(C)cc3)[nH]n2)c(C)c1. The maximum Gasteiger partial charge on any atom is 0.251 e. The van der Waals surface area contributed by atoms with Crippen molar-refractivity contribution in [2.24, 2.45) is 0 Å². The van der Waals surface area contributed by atoms with E-state index in [2.05, 4.69) is 15.5 Å². The molecule has 1 atom stereocenters. The third-order valence-electron chi connectivity index (χ3n) is 6.56. The topological polar surface area (TPSA) is 114 Å². The molecule has 10 heteroatoms. The summed E-state index contributed by atoms with van der Waals surface area (Å²) in [6.45, 7) is 5.94. The molecule has 9 nitrogen and oxygen atoms in total. The number of aromatic nitrogens is 2. The van der Waals surface area contributed by atoms with Crippen LogP contribution in [0, 0.1) is 20.8 Å². The van der Waals surface area contributed by atoms with E-state index in [-0.39, 0.29) is 25.2 Å². The predicted molar refractivity (Wildman–Crippen MR) is 142 cm³/mol. The van der Waals surface area contributed by atoms with Crippen molar-refractivity contribution in [3.63, 3.8) is 0 Å². The summed E-state index contributed by atoms with van der Waals surface area (Å²) in [5, 5.41) is 9.80. The van der Waals surface area contributed by atoms with E-state index in [0.29, 0.717) is 40.6 Å². The quantitative estimate of drug-likeness (QED) is 0.432. The highest BCUT2D eigenvalue weighted by Crippen LogP contribution is 2.32. The molecule has 0 aliphatic carbocycles. The molecule has 2 aromatic carbocycles. The molecule has 198 valence electrons. The molecule has 0 bridgehead atoms. The van der Waals surface area contributed by atoms with Crippen LogP contribution in [0.2, 0.25) is 0 Å². The number of sulfonamides is 1. The molecule has 1 aliphatic heterocycles. The van der Waals surface area contributed by atoms with Crippen molar-refractivity contribution in [3.8, 4) is 17.0 Å². The van der Waals surface area contributed by atoms with E-state index in [4.69, 9.17) is 9.47 Å². The van der Waals surface area contributed by atoms with Crippen LogP contribution < -0.4 is 10.1 Å². The lowest BCUT2D eigenvalue weighted by atomic mass is 10.1. The van der Waals surface area contributed by atoms with E-state index in [9.17, 15) is 13.2 Å². The molecular formula is C27H34N4O5S. The van der Waals surface area contributed by atoms with Gasteiger partial charge < -0.3 is 14.8 Å². The van der Waals surface area contributed by atoms with E-state index in [1.165, 1.54) is 4.31 Å². The minimum atomic E-state index is -3.74. The minimum absolute atomic E-state index is 0.135. The van der Waals surface area contributed by atoms with Crippen LogP contribution >= 0.6 is 0 Å². The first kappa shape index (κ1) is 26.8. The fourth-order valence-electron chi connectivity index (χ4n) is 4.74. The van der Waals surface area contributed by atoms with E-state index in [0.717, 1.165) is 29.7 Å². The van der Waals surface area contributed by atoms with Gasteiger partial charge in [0.25, 0.3) is 5.91 Å². The molecular weight excluding hydrogens is 492 g/mol. The zero-order chi connectivity index (χ0) is 26.6. The van der Waals surface area contributed by atoms with E-state index in [1.807, 2.05) is 31.2 Å². The molecule has 1 amide bonds. The Kier molecular flexibility index (Phi) is 8.31. The van der Waals surface area contributed by atoms with E-state index in [1.54, 1.807) is 39.2 Å². The van der Waals surface area contributed by atoms with Gasteiger partial charge in [0.15, 0.2) is 5.82 Å². The zero-order valence-corrected chi connectivity index (χ0v) is 22.5. The lowest BCUT2D eigenvalue weighted by Crippen LogP contribution is -2.46. The van der Waals surface area contributed by atoms with E-state index >= 15 is 0 Å². The number of amides is 1. The number of H-pyrrole nitrogens is 1. The highest BCUT2D eigenvalue weighted by molar-refractivity contribution is 7.89. The summed E-state index contributed by atoms with van der Waals surface area (Å²) in [5.41, 5.74) is 4.21. The van der Waals surface area contributed by atoms with Gasteiger partial charge in [-0.2, -0.15) is 9.40 Å². The second kappa shape index (κ2) is 11.5. The number of hydrogen-bond acceptors (Lipinski definition) is 6. The van der Waals surface area contributed by atoms with Crippen LogP contribution in [-0.2, 0) is 19.6 Å². The van der Waals surface area contributed by atoms with Gasteiger partial charge in [-0.1, -0.05) is 36.2 Å². The van der Waals surface area contributed by atoms with Crippen LogP contribution in [0.15, 0.2) is 47.4 Å². The lowest BCUT2D eigenvalue weighted by Gasteiger charge is -2.35. The van der Waals surface area contributed by atoms with Crippen LogP contribution in [0.3, 0.4) is 0 Å². The number of methoxy groups -OCH3 is 1. The number of aryl methyl sites for hydroxylation is 3. The average molecular weight is 527 g/mol. The van der Waals surface area contributed by atoms with Gasteiger partial charge in [-0.05, 0) is 62.4 Å². The van der Waals surface area contributed by atoms with Crippen molar-refractivity contribution in [2.45, 2.75) is 51.0 Å². The number of anilines is 1. The molecule has 2 heterocycles. The Morgan fingerprint density at radius 2 is 1.81 bits per heavy atom. The molecule has 1 fully saturated rings. The number of piperidine rings is 1. The maximum atomic E-state index is 13.7. The highest BCUT2D eigenvalue weighted by Gasteiger charge is 2.35. The number of carbonyl (C=O) groups is 1. The largest absolute Gasteiger partial charge is 0.497 e. The average Bonchev–Trinajstić information content (AvgIpc) is 3.32. The summed E-state index contributed by atoms with van der Waals surface area (Å²) >= 11 is 0. The lowest BCUT2D eigenvalue weighted by molar-refractivity contribution is -0.121. The molecule has 4 rings (SSSR count). The van der Waals surface area contributed by atoms with Gasteiger partial charge in [-0.25, -0.2) is 8.42 Å². The summed E-state index contributed by atoms with van der Waals surface area (Å²) in [7, 11) is -2.18. The zero-order valence-electron chi connectivity index (χ0n) is 21.7. The number of benzene rings is 2. The second-order valence-electron chi connectivity index (χ2n) is 9.45. The number of nitrogens with zero attached hydrogens (tertiary/aromatic N) is 2. The first-order valence-corrected chi connectivity index (χ1v) is 13.8. The Morgan fingerprint density at radius 3 is 2.49 bits per heavy atom. The molecule has 37 heavy (non-hydrogen) atoms. The highest BCUT2D eigenvalue weighted by atomic mass is 32.2. The van der Waals surface area contributed by atoms with Gasteiger partial charge in [0.2, 0.25) is 10.0 Å². The Balaban J connectivity index is 1.36. The van der Waals surface area contributed by atoms with Crippen molar-refractivity contribution < 1.29 is 22.7 Å². The molecule has 1 saturated heterocycles. The number of nitrogens with one attached hydrogen (secondary N) is 2. The third kappa shape index (κ3) is 6.20. The summed E-state index contributed by atoms with van der Waals surface area (Å²) in [6.07, 6.45) is 2.36. The first-order valence-electron chi connectivity index (χ1n) is 12.4. The molecule has 2 N–H and O–H groups in total. The molecule has 3 aromatic rings. The number of rotatable bonds is 9. The Labute approximate surface area is 218 Å². The standard InChI is InChI=1S/C27H34N4O5S/c1-18-8-10-21(11-9-18)24-15-25(30-29-24)28-26(32)17-36-16-22-7-5-6-12-31(22)37(33,34)27-19(2)13-23(35-4)14-20(27)3/h8-11,13-15,22H,5-7,12,16-17H2,1-4H3,(H2,28,29,30,32). The third-order valence-corrected chi connectivity index (χ3v) is 8.82. The monoisotopic (exact) mass is 526 g/mol.